The van der Waals surface area contributed by atoms with Crippen LogP contribution in [0.4, 0.5) is 0 Å². The van der Waals surface area contributed by atoms with Gasteiger partial charge in [0.05, 0.1) is 5.41 Å². The van der Waals surface area contributed by atoms with Crippen LogP contribution in [0.5, 0.6) is 0 Å². The third-order valence-corrected chi connectivity index (χ3v) is 7.06. The molecule has 0 amide bonds. The minimum absolute atomic E-state index is 0.0713. The predicted molar refractivity (Wildman–Crippen MR) is 94.3 cm³/mol. The summed E-state index contributed by atoms with van der Waals surface area (Å²) in [6, 6.07) is 4.39. The smallest absolute Gasteiger partial charge is 0.309 e. The van der Waals surface area contributed by atoms with Gasteiger partial charge in [-0.2, -0.15) is 0 Å². The molecule has 2 aliphatic rings. The summed E-state index contributed by atoms with van der Waals surface area (Å²) < 4.78 is 0. The molecule has 2 nitrogen and oxygen atoms in total. The minimum Gasteiger partial charge on any atom is -0.481 e. The molecular weight excluding hydrogens is 308 g/mol. The molecule has 1 fully saturated rings. The molecule has 3 unspecified atom stereocenters. The Morgan fingerprint density at radius 2 is 2.00 bits per heavy atom. The van der Waals surface area contributed by atoms with Crippen molar-refractivity contribution in [2.75, 3.05) is 0 Å². The molecule has 3 atom stereocenters. The van der Waals surface area contributed by atoms with E-state index in [1.165, 1.54) is 16.7 Å². The van der Waals surface area contributed by atoms with Gasteiger partial charge in [0, 0.05) is 5.02 Å². The molecule has 2 aliphatic carbocycles. The zero-order chi connectivity index (χ0) is 17.0. The lowest BCUT2D eigenvalue weighted by Crippen LogP contribution is -2.52. The van der Waals surface area contributed by atoms with E-state index in [4.69, 9.17) is 11.6 Å². The van der Waals surface area contributed by atoms with Crippen LogP contribution in [0.2, 0.25) is 5.02 Å². The van der Waals surface area contributed by atoms with Gasteiger partial charge in [-0.15, -0.1) is 0 Å². The largest absolute Gasteiger partial charge is 0.481 e. The lowest BCUT2D eigenvalue weighted by Gasteiger charge is -2.53. The van der Waals surface area contributed by atoms with E-state index in [0.29, 0.717) is 5.92 Å². The second kappa shape index (κ2) is 5.51. The molecule has 0 saturated heterocycles. The fourth-order valence-electron chi connectivity index (χ4n) is 5.24. The first-order chi connectivity index (χ1) is 10.7. The number of hydrogen-bond acceptors (Lipinski definition) is 1. The van der Waals surface area contributed by atoms with Gasteiger partial charge >= 0.3 is 5.97 Å². The summed E-state index contributed by atoms with van der Waals surface area (Å²) in [6.07, 6.45) is 4.64. The normalized spacial score (nSPS) is 33.2. The molecule has 0 heterocycles. The molecule has 0 radical (unpaired) electrons. The Kier molecular flexibility index (Phi) is 4.03. The van der Waals surface area contributed by atoms with Crippen LogP contribution in [0.15, 0.2) is 12.1 Å². The number of rotatable bonds is 2. The molecular formula is C20H27ClO2. The topological polar surface area (TPSA) is 37.3 Å². The predicted octanol–water partition coefficient (Wildman–Crippen LogP) is 5.56. The summed E-state index contributed by atoms with van der Waals surface area (Å²) >= 11 is 6.73. The highest BCUT2D eigenvalue weighted by molar-refractivity contribution is 6.32. The molecule has 0 aromatic heterocycles. The summed E-state index contributed by atoms with van der Waals surface area (Å²) in [7, 11) is 0. The molecule has 126 valence electrons. The van der Waals surface area contributed by atoms with Crippen LogP contribution in [-0.4, -0.2) is 11.1 Å². The van der Waals surface area contributed by atoms with Gasteiger partial charge in [0.1, 0.15) is 0 Å². The highest BCUT2D eigenvalue weighted by Crippen LogP contribution is 2.58. The summed E-state index contributed by atoms with van der Waals surface area (Å²) in [4.78, 5) is 12.0. The summed E-state index contributed by atoms with van der Waals surface area (Å²) in [5.74, 6) is -0.0366. The van der Waals surface area contributed by atoms with Crippen molar-refractivity contribution in [1.29, 1.82) is 0 Å². The van der Waals surface area contributed by atoms with Crippen molar-refractivity contribution in [3.63, 3.8) is 0 Å². The fraction of sp³-hybridized carbons (Fsp3) is 0.650. The first-order valence-corrected chi connectivity index (χ1v) is 9.14. The number of carboxylic acid groups (broad SMARTS) is 1. The van der Waals surface area contributed by atoms with Crippen LogP contribution < -0.4 is 0 Å². The van der Waals surface area contributed by atoms with Crippen LogP contribution in [0.3, 0.4) is 0 Å². The van der Waals surface area contributed by atoms with E-state index in [9.17, 15) is 9.90 Å². The Labute approximate surface area is 144 Å². The minimum atomic E-state index is -0.637. The molecule has 3 heteroatoms. The molecule has 1 N–H and O–H groups in total. The summed E-state index contributed by atoms with van der Waals surface area (Å²) in [6.45, 7) is 8.56. The quantitative estimate of drug-likeness (QED) is 0.768. The van der Waals surface area contributed by atoms with E-state index in [1.807, 2.05) is 6.92 Å². The zero-order valence-electron chi connectivity index (χ0n) is 14.6. The Bertz CT molecular complexity index is 651. The number of hydrogen-bond donors (Lipinski definition) is 1. The monoisotopic (exact) mass is 334 g/mol. The van der Waals surface area contributed by atoms with Gasteiger partial charge in [0.15, 0.2) is 0 Å². The number of benzene rings is 1. The summed E-state index contributed by atoms with van der Waals surface area (Å²) in [5.41, 5.74) is 3.09. The molecule has 1 aromatic carbocycles. The van der Waals surface area contributed by atoms with Crippen molar-refractivity contribution in [3.8, 4) is 0 Å². The summed E-state index contributed by atoms with van der Waals surface area (Å²) in [5, 5.41) is 10.8. The number of halogens is 1. The average molecular weight is 335 g/mol. The molecule has 1 saturated carbocycles. The van der Waals surface area contributed by atoms with Crippen LogP contribution in [0, 0.1) is 11.3 Å². The molecule has 23 heavy (non-hydrogen) atoms. The van der Waals surface area contributed by atoms with Gasteiger partial charge in [-0.1, -0.05) is 50.9 Å². The Hall–Kier alpha value is -1.02. The zero-order valence-corrected chi connectivity index (χ0v) is 15.3. The number of aliphatic carboxylic acids is 1. The van der Waals surface area contributed by atoms with Gasteiger partial charge in [0.25, 0.3) is 0 Å². The first kappa shape index (κ1) is 16.8. The van der Waals surface area contributed by atoms with Crippen molar-refractivity contribution in [2.45, 2.75) is 71.1 Å². The number of carbonyl (C=O) groups is 1. The number of carboxylic acids is 1. The Balaban J connectivity index is 2.14. The van der Waals surface area contributed by atoms with Gasteiger partial charge < -0.3 is 5.11 Å². The molecule has 0 aliphatic heterocycles. The highest BCUT2D eigenvalue weighted by atomic mass is 35.5. The second-order valence-corrected chi connectivity index (χ2v) is 8.61. The second-order valence-electron chi connectivity index (χ2n) is 8.23. The average Bonchev–Trinajstić information content (AvgIpc) is 2.47. The van der Waals surface area contributed by atoms with Crippen molar-refractivity contribution in [1.82, 2.24) is 0 Å². The molecule has 1 aromatic rings. The maximum absolute atomic E-state index is 12.0. The lowest BCUT2D eigenvalue weighted by molar-refractivity contribution is -0.157. The van der Waals surface area contributed by atoms with Gasteiger partial charge in [0.2, 0.25) is 0 Å². The van der Waals surface area contributed by atoms with Crippen molar-refractivity contribution in [3.05, 3.63) is 33.8 Å². The lowest BCUT2D eigenvalue weighted by atomic mass is 9.50. The fourth-order valence-corrected chi connectivity index (χ4v) is 5.72. The van der Waals surface area contributed by atoms with Crippen LogP contribution in [0.25, 0.3) is 0 Å². The third kappa shape index (κ3) is 2.33. The molecule has 0 bridgehead atoms. The highest BCUT2D eigenvalue weighted by Gasteiger charge is 2.55. The maximum atomic E-state index is 12.0. The van der Waals surface area contributed by atoms with E-state index in [-0.39, 0.29) is 11.3 Å². The third-order valence-electron chi connectivity index (χ3n) is 6.61. The van der Waals surface area contributed by atoms with E-state index in [2.05, 4.69) is 32.9 Å². The van der Waals surface area contributed by atoms with Crippen LogP contribution in [-0.2, 0) is 16.6 Å². The van der Waals surface area contributed by atoms with E-state index in [0.717, 1.165) is 37.1 Å². The molecule has 3 rings (SSSR count). The van der Waals surface area contributed by atoms with Gasteiger partial charge in [-0.3, -0.25) is 4.79 Å². The maximum Gasteiger partial charge on any atom is 0.309 e. The molecule has 0 spiro atoms. The number of fused-ring (bicyclic) bond motifs is 3. The van der Waals surface area contributed by atoms with Crippen molar-refractivity contribution < 1.29 is 9.90 Å². The van der Waals surface area contributed by atoms with E-state index < -0.39 is 11.4 Å². The first-order valence-electron chi connectivity index (χ1n) is 8.77. The van der Waals surface area contributed by atoms with E-state index in [1.54, 1.807) is 0 Å². The van der Waals surface area contributed by atoms with Crippen molar-refractivity contribution >= 4 is 17.6 Å². The van der Waals surface area contributed by atoms with Crippen LogP contribution >= 0.6 is 11.6 Å². The van der Waals surface area contributed by atoms with Gasteiger partial charge in [-0.05, 0) is 66.5 Å². The van der Waals surface area contributed by atoms with E-state index >= 15 is 0 Å². The van der Waals surface area contributed by atoms with Gasteiger partial charge in [-0.25, -0.2) is 0 Å². The van der Waals surface area contributed by atoms with Crippen LogP contribution in [0.1, 0.15) is 76.0 Å². The standard InChI is InChI=1S/C20H27ClO2/c1-12(2)13-6-8-15-14(17(13)21)7-9-16-19(15,3)10-5-11-20(16,4)18(22)23/h6,8,12,16H,5,7,9-11H2,1-4H3,(H,22,23). The van der Waals surface area contributed by atoms with Crippen molar-refractivity contribution in [2.24, 2.45) is 11.3 Å². The SMILES string of the molecule is CC(C)c1ccc2c(c1Cl)CCC1C(C)(C(=O)O)CCCC21C. The Morgan fingerprint density at radius 1 is 1.30 bits per heavy atom. The Morgan fingerprint density at radius 3 is 2.61 bits per heavy atom.